The summed E-state index contributed by atoms with van der Waals surface area (Å²) in [7, 11) is 1.83. The van der Waals surface area contributed by atoms with Crippen LogP contribution in [0.25, 0.3) is 11.0 Å². The fourth-order valence-corrected chi connectivity index (χ4v) is 1.87. The molecule has 0 unspecified atom stereocenters. The number of rotatable bonds is 3. The Morgan fingerprint density at radius 1 is 1.21 bits per heavy atom. The molecule has 0 saturated heterocycles. The minimum atomic E-state index is 0.710. The van der Waals surface area contributed by atoms with Crippen LogP contribution in [0.4, 0.5) is 5.95 Å². The maximum atomic E-state index is 4.47. The van der Waals surface area contributed by atoms with Gasteiger partial charge in [0.05, 0.1) is 17.2 Å². The zero-order valence-electron chi connectivity index (χ0n) is 10.5. The molecular weight excluding hydrogens is 238 g/mol. The van der Waals surface area contributed by atoms with Crippen molar-refractivity contribution in [2.24, 2.45) is 5.10 Å². The first kappa shape index (κ1) is 11.4. The summed E-state index contributed by atoms with van der Waals surface area (Å²) in [6, 6.07) is 11.7. The summed E-state index contributed by atoms with van der Waals surface area (Å²) < 4.78 is 1.78. The third-order valence-corrected chi connectivity index (χ3v) is 2.77. The normalized spacial score (nSPS) is 11.2. The average Bonchev–Trinajstić information content (AvgIpc) is 2.84. The summed E-state index contributed by atoms with van der Waals surface area (Å²) in [5, 5.41) is 7.51. The summed E-state index contributed by atoms with van der Waals surface area (Å²) in [5.41, 5.74) is 2.82. The molecule has 94 valence electrons. The topological polar surface area (TPSA) is 55.1 Å². The van der Waals surface area contributed by atoms with Crippen LogP contribution in [0.3, 0.4) is 0 Å². The van der Waals surface area contributed by atoms with Crippen LogP contribution in [0.1, 0.15) is 5.56 Å². The van der Waals surface area contributed by atoms with Gasteiger partial charge in [-0.05, 0) is 18.2 Å². The largest absolute Gasteiger partial charge is 0.357 e. The highest BCUT2D eigenvalue weighted by Gasteiger charge is 2.07. The number of benzene rings is 1. The molecule has 0 atom stereocenters. The number of nitrogens with one attached hydrogen (secondary N) is 1. The number of hydrogen-bond acceptors (Lipinski definition) is 4. The number of para-hydroxylation sites is 2. The van der Waals surface area contributed by atoms with Crippen molar-refractivity contribution in [3.8, 4) is 0 Å². The Morgan fingerprint density at radius 2 is 2.11 bits per heavy atom. The van der Waals surface area contributed by atoms with Crippen molar-refractivity contribution in [3.05, 3.63) is 54.4 Å². The molecular formula is C14H13N5. The molecule has 3 rings (SSSR count). The second-order valence-corrected chi connectivity index (χ2v) is 4.02. The lowest BCUT2D eigenvalue weighted by Gasteiger charge is -2.00. The van der Waals surface area contributed by atoms with Crippen LogP contribution >= 0.6 is 0 Å². The molecule has 0 saturated carbocycles. The van der Waals surface area contributed by atoms with Crippen molar-refractivity contribution in [3.63, 3.8) is 0 Å². The zero-order chi connectivity index (χ0) is 13.1. The Hall–Kier alpha value is -2.69. The van der Waals surface area contributed by atoms with Gasteiger partial charge in [0.15, 0.2) is 0 Å². The summed E-state index contributed by atoms with van der Waals surface area (Å²) in [5.74, 6) is 0.710. The van der Waals surface area contributed by atoms with E-state index in [0.29, 0.717) is 5.95 Å². The first-order chi connectivity index (χ1) is 9.38. The quantitative estimate of drug-likeness (QED) is 0.727. The van der Waals surface area contributed by atoms with Gasteiger partial charge < -0.3 is 5.32 Å². The number of anilines is 1. The third-order valence-electron chi connectivity index (χ3n) is 2.77. The molecule has 0 spiro atoms. The molecule has 1 N–H and O–H groups in total. The summed E-state index contributed by atoms with van der Waals surface area (Å²) in [4.78, 5) is 8.52. The Morgan fingerprint density at radius 3 is 2.89 bits per heavy atom. The fraction of sp³-hybridized carbons (Fsp3) is 0.0714. The second kappa shape index (κ2) is 4.89. The molecule has 1 aromatic carbocycles. The lowest BCUT2D eigenvalue weighted by Crippen LogP contribution is -1.99. The molecule has 0 aliphatic heterocycles. The van der Waals surface area contributed by atoms with E-state index >= 15 is 0 Å². The number of aromatic nitrogens is 3. The molecule has 0 bridgehead atoms. The smallest absolute Gasteiger partial charge is 0.224 e. The summed E-state index contributed by atoms with van der Waals surface area (Å²) in [6.45, 7) is 0. The molecule has 2 heterocycles. The van der Waals surface area contributed by atoms with E-state index in [2.05, 4.69) is 20.4 Å². The van der Waals surface area contributed by atoms with Gasteiger partial charge in [-0.1, -0.05) is 18.2 Å². The van der Waals surface area contributed by atoms with E-state index in [1.807, 2.05) is 43.4 Å². The molecule has 0 radical (unpaired) electrons. The van der Waals surface area contributed by atoms with Gasteiger partial charge in [0.25, 0.3) is 0 Å². The predicted molar refractivity (Wildman–Crippen MR) is 76.5 cm³/mol. The second-order valence-electron chi connectivity index (χ2n) is 4.02. The first-order valence-electron chi connectivity index (χ1n) is 5.98. The van der Waals surface area contributed by atoms with E-state index in [9.17, 15) is 0 Å². The lowest BCUT2D eigenvalue weighted by molar-refractivity contribution is 0.920. The number of hydrogen-bond donors (Lipinski definition) is 1. The van der Waals surface area contributed by atoms with Crippen molar-refractivity contribution < 1.29 is 0 Å². The van der Waals surface area contributed by atoms with Gasteiger partial charge >= 0.3 is 0 Å². The maximum absolute atomic E-state index is 4.47. The molecule has 3 aromatic rings. The molecule has 0 fully saturated rings. The van der Waals surface area contributed by atoms with Gasteiger partial charge in [-0.2, -0.15) is 9.78 Å². The molecule has 5 heteroatoms. The molecule has 2 aromatic heterocycles. The molecule has 19 heavy (non-hydrogen) atoms. The average molecular weight is 251 g/mol. The number of nitrogens with zero attached hydrogens (tertiary/aromatic N) is 4. The van der Waals surface area contributed by atoms with Crippen LogP contribution in [0.2, 0.25) is 0 Å². The van der Waals surface area contributed by atoms with Crippen LogP contribution in [-0.2, 0) is 0 Å². The predicted octanol–water partition coefficient (Wildman–Crippen LogP) is 2.36. The highest BCUT2D eigenvalue weighted by Crippen LogP contribution is 2.18. The molecule has 5 nitrogen and oxygen atoms in total. The summed E-state index contributed by atoms with van der Waals surface area (Å²) >= 11 is 0. The van der Waals surface area contributed by atoms with E-state index in [0.717, 1.165) is 16.6 Å². The van der Waals surface area contributed by atoms with E-state index in [4.69, 9.17) is 0 Å². The Bertz CT molecular complexity index is 715. The van der Waals surface area contributed by atoms with Gasteiger partial charge in [0, 0.05) is 25.0 Å². The van der Waals surface area contributed by atoms with Gasteiger partial charge in [-0.3, -0.25) is 4.98 Å². The van der Waals surface area contributed by atoms with Gasteiger partial charge in [0.2, 0.25) is 5.95 Å². The van der Waals surface area contributed by atoms with Gasteiger partial charge in [-0.15, -0.1) is 0 Å². The van der Waals surface area contributed by atoms with Crippen LogP contribution in [0, 0.1) is 0 Å². The van der Waals surface area contributed by atoms with E-state index < -0.39 is 0 Å². The Kier molecular flexibility index (Phi) is 2.94. The lowest BCUT2D eigenvalue weighted by atomic mass is 10.3. The zero-order valence-corrected chi connectivity index (χ0v) is 10.5. The molecule has 0 aliphatic rings. The number of imidazole rings is 1. The van der Waals surface area contributed by atoms with Crippen LogP contribution in [-0.4, -0.2) is 27.9 Å². The highest BCUT2D eigenvalue weighted by molar-refractivity contribution is 5.82. The van der Waals surface area contributed by atoms with Crippen LogP contribution in [0.5, 0.6) is 0 Å². The monoisotopic (exact) mass is 251 g/mol. The number of pyridine rings is 1. The fourth-order valence-electron chi connectivity index (χ4n) is 1.87. The minimum absolute atomic E-state index is 0.710. The molecule has 0 aliphatic carbocycles. The van der Waals surface area contributed by atoms with E-state index in [1.165, 1.54) is 0 Å². The van der Waals surface area contributed by atoms with Gasteiger partial charge in [-0.25, -0.2) is 4.98 Å². The van der Waals surface area contributed by atoms with Gasteiger partial charge in [0.1, 0.15) is 0 Å². The third kappa shape index (κ3) is 2.18. The Balaban J connectivity index is 2.07. The standard InChI is InChI=1S/C14H13N5/c1-15-14-18-12-6-2-3-7-13(12)19(14)17-10-11-5-4-8-16-9-11/h2-10H,1H3,(H,15,18)/b17-10+. The van der Waals surface area contributed by atoms with E-state index in [1.54, 1.807) is 23.3 Å². The Labute approximate surface area is 110 Å². The van der Waals surface area contributed by atoms with Crippen molar-refractivity contribution in [1.82, 2.24) is 14.6 Å². The SMILES string of the molecule is CNc1nc2ccccc2n1/N=C/c1cccnc1. The highest BCUT2D eigenvalue weighted by atomic mass is 15.4. The summed E-state index contributed by atoms with van der Waals surface area (Å²) in [6.07, 6.45) is 5.27. The molecule has 0 amide bonds. The first-order valence-corrected chi connectivity index (χ1v) is 5.98. The number of fused-ring (bicyclic) bond motifs is 1. The van der Waals surface area contributed by atoms with Crippen molar-refractivity contribution in [2.45, 2.75) is 0 Å². The minimum Gasteiger partial charge on any atom is -0.357 e. The van der Waals surface area contributed by atoms with Crippen molar-refractivity contribution in [2.75, 3.05) is 12.4 Å². The van der Waals surface area contributed by atoms with Crippen LogP contribution < -0.4 is 5.32 Å². The van der Waals surface area contributed by atoms with Crippen LogP contribution in [0.15, 0.2) is 53.9 Å². The van der Waals surface area contributed by atoms with E-state index in [-0.39, 0.29) is 0 Å². The van der Waals surface area contributed by atoms with Crippen molar-refractivity contribution >= 4 is 23.2 Å². The van der Waals surface area contributed by atoms with Crippen molar-refractivity contribution in [1.29, 1.82) is 0 Å². The maximum Gasteiger partial charge on any atom is 0.224 e.